The van der Waals surface area contributed by atoms with Gasteiger partial charge in [0.25, 0.3) is 0 Å². The number of Topliss-reactive ketones (excluding diaryl/α,β-unsaturated/α-hetero) is 1. The largest absolute Gasteiger partial charge is 0.293 e. The molecule has 0 aromatic heterocycles. The minimum absolute atomic E-state index is 0.0791. The molecule has 0 N–H and O–H groups in total. The first-order valence-corrected chi connectivity index (χ1v) is 4.80. The number of aliphatic imine (C=N–C) groups is 1. The lowest BCUT2D eigenvalue weighted by molar-refractivity contribution is 0.0962. The van der Waals surface area contributed by atoms with Crippen molar-refractivity contribution in [2.24, 2.45) is 10.9 Å². The van der Waals surface area contributed by atoms with Crippen LogP contribution in [0, 0.1) is 19.8 Å². The number of benzene rings is 1. The summed E-state index contributed by atoms with van der Waals surface area (Å²) in [5.74, 6) is 0.0997. The number of carbonyl (C=O) groups excluding carboxylic acids is 1. The first-order valence-electron chi connectivity index (χ1n) is 4.80. The van der Waals surface area contributed by atoms with Gasteiger partial charge < -0.3 is 0 Å². The molecule has 1 unspecified atom stereocenters. The van der Waals surface area contributed by atoms with Gasteiger partial charge in [-0.3, -0.25) is 9.79 Å². The normalized spacial score (nSPS) is 19.6. The molecule has 72 valence electrons. The maximum absolute atomic E-state index is 11.8. The zero-order valence-electron chi connectivity index (χ0n) is 8.66. The number of hydrogen-bond acceptors (Lipinski definition) is 2. The van der Waals surface area contributed by atoms with E-state index in [0.717, 1.165) is 16.8 Å². The summed E-state index contributed by atoms with van der Waals surface area (Å²) in [6, 6.07) is 3.87. The van der Waals surface area contributed by atoms with Crippen molar-refractivity contribution in [3.8, 4) is 0 Å². The molecule has 0 radical (unpaired) electrons. The third-order valence-electron chi connectivity index (χ3n) is 2.81. The summed E-state index contributed by atoms with van der Waals surface area (Å²) >= 11 is 0. The van der Waals surface area contributed by atoms with Crippen LogP contribution in [0.4, 0.5) is 5.69 Å². The van der Waals surface area contributed by atoms with Crippen molar-refractivity contribution in [2.45, 2.75) is 20.8 Å². The molecule has 0 saturated heterocycles. The molecular formula is C12H13NO. The SMILES string of the molecule is Cc1ccc2c(c1C)N=CC(C)C2=O. The van der Waals surface area contributed by atoms with Crippen LogP contribution >= 0.6 is 0 Å². The molecule has 0 amide bonds. The second kappa shape index (κ2) is 3.05. The third-order valence-corrected chi connectivity index (χ3v) is 2.81. The van der Waals surface area contributed by atoms with E-state index in [1.165, 1.54) is 5.56 Å². The Morgan fingerprint density at radius 1 is 1.29 bits per heavy atom. The number of aryl methyl sites for hydroxylation is 1. The molecule has 0 saturated carbocycles. The molecule has 14 heavy (non-hydrogen) atoms. The van der Waals surface area contributed by atoms with Gasteiger partial charge in [-0.25, -0.2) is 0 Å². The topological polar surface area (TPSA) is 29.4 Å². The molecule has 0 bridgehead atoms. The highest BCUT2D eigenvalue weighted by molar-refractivity contribution is 6.12. The van der Waals surface area contributed by atoms with Crippen LogP contribution in [0.1, 0.15) is 28.4 Å². The predicted molar refractivity (Wildman–Crippen MR) is 57.6 cm³/mol. The predicted octanol–water partition coefficient (Wildman–Crippen LogP) is 2.84. The van der Waals surface area contributed by atoms with Gasteiger partial charge in [0, 0.05) is 11.8 Å². The molecule has 0 spiro atoms. The summed E-state index contributed by atoms with van der Waals surface area (Å²) in [4.78, 5) is 16.1. The van der Waals surface area contributed by atoms with Gasteiger partial charge in [0.05, 0.1) is 11.6 Å². The molecule has 1 aromatic rings. The van der Waals surface area contributed by atoms with Crippen LogP contribution in [-0.2, 0) is 0 Å². The van der Waals surface area contributed by atoms with Gasteiger partial charge in [-0.15, -0.1) is 0 Å². The van der Waals surface area contributed by atoms with E-state index in [1.54, 1.807) is 6.21 Å². The Morgan fingerprint density at radius 2 is 2.00 bits per heavy atom. The zero-order chi connectivity index (χ0) is 10.3. The van der Waals surface area contributed by atoms with E-state index in [1.807, 2.05) is 32.9 Å². The van der Waals surface area contributed by atoms with Gasteiger partial charge >= 0.3 is 0 Å². The lowest BCUT2D eigenvalue weighted by Gasteiger charge is -2.16. The maximum Gasteiger partial charge on any atom is 0.173 e. The van der Waals surface area contributed by atoms with Crippen molar-refractivity contribution in [3.63, 3.8) is 0 Å². The van der Waals surface area contributed by atoms with Gasteiger partial charge in [-0.1, -0.05) is 13.0 Å². The molecule has 2 heteroatoms. The zero-order valence-corrected chi connectivity index (χ0v) is 8.66. The summed E-state index contributed by atoms with van der Waals surface area (Å²) in [5, 5.41) is 0. The van der Waals surface area contributed by atoms with E-state index in [9.17, 15) is 4.79 Å². The molecule has 1 aliphatic rings. The number of ketones is 1. The highest BCUT2D eigenvalue weighted by Gasteiger charge is 2.22. The van der Waals surface area contributed by atoms with Crippen LogP contribution in [0.2, 0.25) is 0 Å². The summed E-state index contributed by atoms with van der Waals surface area (Å²) in [7, 11) is 0. The Balaban J connectivity index is 2.68. The highest BCUT2D eigenvalue weighted by atomic mass is 16.1. The number of carbonyl (C=O) groups is 1. The average Bonchev–Trinajstić information content (AvgIpc) is 2.17. The lowest BCUT2D eigenvalue weighted by atomic mass is 9.92. The number of rotatable bonds is 0. The van der Waals surface area contributed by atoms with Crippen LogP contribution in [0.5, 0.6) is 0 Å². The lowest BCUT2D eigenvalue weighted by Crippen LogP contribution is -2.16. The standard InChI is InChI=1S/C12H13NO/c1-7-4-5-10-11(9(7)3)13-6-8(2)12(10)14/h4-6,8H,1-3H3. The Hall–Kier alpha value is -1.44. The summed E-state index contributed by atoms with van der Waals surface area (Å²) in [6.45, 7) is 5.92. The summed E-state index contributed by atoms with van der Waals surface area (Å²) in [5.41, 5.74) is 3.92. The summed E-state index contributed by atoms with van der Waals surface area (Å²) in [6.07, 6.45) is 1.73. The quantitative estimate of drug-likeness (QED) is 0.614. The van der Waals surface area contributed by atoms with Crippen molar-refractivity contribution < 1.29 is 4.79 Å². The fourth-order valence-electron chi connectivity index (χ4n) is 1.67. The van der Waals surface area contributed by atoms with Gasteiger partial charge in [0.15, 0.2) is 5.78 Å². The second-order valence-corrected chi connectivity index (χ2v) is 3.83. The van der Waals surface area contributed by atoms with E-state index in [0.29, 0.717) is 0 Å². The molecule has 1 atom stereocenters. The fraction of sp³-hybridized carbons (Fsp3) is 0.333. The van der Waals surface area contributed by atoms with Crippen molar-refractivity contribution in [2.75, 3.05) is 0 Å². The Bertz CT molecular complexity index is 432. The Kier molecular flexibility index (Phi) is 1.99. The van der Waals surface area contributed by atoms with Crippen LogP contribution in [0.3, 0.4) is 0 Å². The first-order chi connectivity index (χ1) is 6.61. The summed E-state index contributed by atoms with van der Waals surface area (Å²) < 4.78 is 0. The second-order valence-electron chi connectivity index (χ2n) is 3.83. The Morgan fingerprint density at radius 3 is 2.71 bits per heavy atom. The molecule has 2 rings (SSSR count). The molecule has 0 aliphatic carbocycles. The molecule has 0 fully saturated rings. The van der Waals surface area contributed by atoms with Crippen LogP contribution in [0.25, 0.3) is 0 Å². The smallest absolute Gasteiger partial charge is 0.173 e. The van der Waals surface area contributed by atoms with E-state index < -0.39 is 0 Å². The maximum atomic E-state index is 11.8. The third kappa shape index (κ3) is 1.18. The minimum Gasteiger partial charge on any atom is -0.293 e. The highest BCUT2D eigenvalue weighted by Crippen LogP contribution is 2.31. The van der Waals surface area contributed by atoms with Crippen molar-refractivity contribution in [1.29, 1.82) is 0 Å². The Labute approximate surface area is 83.7 Å². The van der Waals surface area contributed by atoms with Gasteiger partial charge in [-0.2, -0.15) is 0 Å². The van der Waals surface area contributed by atoms with Crippen molar-refractivity contribution in [1.82, 2.24) is 0 Å². The monoisotopic (exact) mass is 187 g/mol. The van der Waals surface area contributed by atoms with Gasteiger partial charge in [0.1, 0.15) is 0 Å². The van der Waals surface area contributed by atoms with E-state index in [4.69, 9.17) is 0 Å². The van der Waals surface area contributed by atoms with E-state index >= 15 is 0 Å². The first kappa shape index (κ1) is 9.13. The van der Waals surface area contributed by atoms with Gasteiger partial charge in [0.2, 0.25) is 0 Å². The number of fused-ring (bicyclic) bond motifs is 1. The van der Waals surface area contributed by atoms with Crippen LogP contribution < -0.4 is 0 Å². The minimum atomic E-state index is -0.0791. The molecule has 1 aliphatic heterocycles. The van der Waals surface area contributed by atoms with Crippen LogP contribution in [0.15, 0.2) is 17.1 Å². The average molecular weight is 187 g/mol. The van der Waals surface area contributed by atoms with E-state index in [-0.39, 0.29) is 11.7 Å². The number of nitrogens with zero attached hydrogens (tertiary/aromatic N) is 1. The van der Waals surface area contributed by atoms with Crippen molar-refractivity contribution in [3.05, 3.63) is 28.8 Å². The molecule has 2 nitrogen and oxygen atoms in total. The van der Waals surface area contributed by atoms with Gasteiger partial charge in [-0.05, 0) is 31.0 Å². The van der Waals surface area contributed by atoms with E-state index in [2.05, 4.69) is 4.99 Å². The number of hydrogen-bond donors (Lipinski definition) is 0. The fourth-order valence-corrected chi connectivity index (χ4v) is 1.67. The van der Waals surface area contributed by atoms with Crippen LogP contribution in [-0.4, -0.2) is 12.0 Å². The molecular weight excluding hydrogens is 174 g/mol. The van der Waals surface area contributed by atoms with Crippen molar-refractivity contribution >= 4 is 17.7 Å². The molecule has 1 aromatic carbocycles. The molecule has 1 heterocycles.